The van der Waals surface area contributed by atoms with E-state index in [1.165, 1.54) is 0 Å². The van der Waals surface area contributed by atoms with Crippen LogP contribution in [0.3, 0.4) is 0 Å². The first-order valence-electron chi connectivity index (χ1n) is 5.05. The first kappa shape index (κ1) is 13.7. The Morgan fingerprint density at radius 1 is 1.59 bits per heavy atom. The summed E-state index contributed by atoms with van der Waals surface area (Å²) in [6.07, 6.45) is 0.470. The second kappa shape index (κ2) is 5.31. The highest BCUT2D eigenvalue weighted by atomic mass is 35.5. The molecule has 94 valence electrons. The highest BCUT2D eigenvalue weighted by molar-refractivity contribution is 6.31. The third-order valence-electron chi connectivity index (χ3n) is 1.68. The topological polar surface area (TPSA) is 51.2 Å². The molecule has 6 heteroatoms. The van der Waals surface area contributed by atoms with Crippen LogP contribution in [0.5, 0.6) is 0 Å². The molecular weight excluding hydrogens is 247 g/mol. The summed E-state index contributed by atoms with van der Waals surface area (Å²) in [5.41, 5.74) is -0.177. The summed E-state index contributed by atoms with van der Waals surface area (Å²) < 4.78 is 17.7. The zero-order valence-electron chi connectivity index (χ0n) is 9.88. The number of nitrogens with zero attached hydrogens (tertiary/aromatic N) is 1. The van der Waals surface area contributed by atoms with Crippen molar-refractivity contribution in [3.05, 3.63) is 28.8 Å². The van der Waals surface area contributed by atoms with E-state index in [0.29, 0.717) is 5.69 Å². The van der Waals surface area contributed by atoms with Crippen molar-refractivity contribution in [1.82, 2.24) is 10.3 Å². The van der Waals surface area contributed by atoms with E-state index in [-0.39, 0.29) is 11.6 Å². The smallest absolute Gasteiger partial charge is 0.407 e. The molecule has 0 bridgehead atoms. The van der Waals surface area contributed by atoms with E-state index in [9.17, 15) is 9.18 Å². The maximum Gasteiger partial charge on any atom is 0.407 e. The predicted molar refractivity (Wildman–Crippen MR) is 62.3 cm³/mol. The number of halogens is 2. The van der Waals surface area contributed by atoms with Crippen LogP contribution in [0.15, 0.2) is 12.3 Å². The molecule has 0 radical (unpaired) electrons. The van der Waals surface area contributed by atoms with Gasteiger partial charge in [0.2, 0.25) is 0 Å². The highest BCUT2D eigenvalue weighted by Gasteiger charge is 2.16. The van der Waals surface area contributed by atoms with Crippen LogP contribution in [0.4, 0.5) is 9.18 Å². The average Bonchev–Trinajstić information content (AvgIpc) is 2.13. The monoisotopic (exact) mass is 260 g/mol. The minimum absolute atomic E-state index is 0.0913. The zero-order chi connectivity index (χ0) is 13.1. The van der Waals surface area contributed by atoms with Crippen LogP contribution in [0.2, 0.25) is 5.02 Å². The number of pyridine rings is 1. The molecule has 17 heavy (non-hydrogen) atoms. The van der Waals surface area contributed by atoms with Crippen LogP contribution in [0, 0.1) is 5.82 Å². The van der Waals surface area contributed by atoms with Crippen molar-refractivity contribution in [2.24, 2.45) is 0 Å². The summed E-state index contributed by atoms with van der Waals surface area (Å²) in [6.45, 7) is 5.37. The Bertz CT molecular complexity index is 418. The van der Waals surface area contributed by atoms with Gasteiger partial charge in [-0.15, -0.1) is 0 Å². The summed E-state index contributed by atoms with van der Waals surface area (Å²) in [4.78, 5) is 15.1. The van der Waals surface area contributed by atoms with Crippen molar-refractivity contribution >= 4 is 17.7 Å². The van der Waals surface area contributed by atoms with Crippen molar-refractivity contribution in [3.8, 4) is 0 Å². The van der Waals surface area contributed by atoms with Gasteiger partial charge in [-0.2, -0.15) is 0 Å². The summed E-state index contributed by atoms with van der Waals surface area (Å²) in [7, 11) is 0. The van der Waals surface area contributed by atoms with Gasteiger partial charge in [0.15, 0.2) is 0 Å². The molecule has 1 N–H and O–H groups in total. The number of carbonyl (C=O) groups is 1. The summed E-state index contributed by atoms with van der Waals surface area (Å²) in [6, 6.07) is 1.14. The Hall–Kier alpha value is -1.36. The molecule has 0 spiro atoms. The highest BCUT2D eigenvalue weighted by Crippen LogP contribution is 2.14. The first-order valence-corrected chi connectivity index (χ1v) is 5.42. The lowest BCUT2D eigenvalue weighted by atomic mass is 10.2. The molecule has 1 heterocycles. The molecule has 1 amide bonds. The van der Waals surface area contributed by atoms with Gasteiger partial charge in [0.25, 0.3) is 0 Å². The third kappa shape index (κ3) is 4.99. The third-order valence-corrected chi connectivity index (χ3v) is 2.01. The van der Waals surface area contributed by atoms with Gasteiger partial charge in [-0.05, 0) is 26.8 Å². The first-order chi connectivity index (χ1) is 7.78. The van der Waals surface area contributed by atoms with E-state index < -0.39 is 17.5 Å². The Kier molecular flexibility index (Phi) is 4.28. The van der Waals surface area contributed by atoms with E-state index in [0.717, 1.165) is 12.3 Å². The molecule has 0 atom stereocenters. The second-order valence-corrected chi connectivity index (χ2v) is 4.84. The largest absolute Gasteiger partial charge is 0.444 e. The van der Waals surface area contributed by atoms with Crippen molar-refractivity contribution in [2.45, 2.75) is 32.9 Å². The van der Waals surface area contributed by atoms with Gasteiger partial charge in [0.1, 0.15) is 11.4 Å². The van der Waals surface area contributed by atoms with Crippen LogP contribution in [-0.2, 0) is 11.3 Å². The van der Waals surface area contributed by atoms with Crippen LogP contribution in [0.25, 0.3) is 0 Å². The van der Waals surface area contributed by atoms with E-state index in [1.807, 2.05) is 0 Å². The van der Waals surface area contributed by atoms with E-state index >= 15 is 0 Å². The van der Waals surface area contributed by atoms with Crippen LogP contribution in [-0.4, -0.2) is 16.7 Å². The fourth-order valence-corrected chi connectivity index (χ4v) is 1.26. The van der Waals surface area contributed by atoms with Gasteiger partial charge in [0.05, 0.1) is 23.5 Å². The predicted octanol–water partition coefficient (Wildman–Crippen LogP) is 2.90. The standard InChI is InChI=1S/C11H14ClFN2O2/c1-11(2,3)17-10(16)15-6-9-8(12)4-7(13)5-14-9/h4-5H,6H2,1-3H3,(H,15,16). The number of ether oxygens (including phenoxy) is 1. The van der Waals surface area contributed by atoms with Crippen LogP contribution < -0.4 is 5.32 Å². The molecule has 4 nitrogen and oxygen atoms in total. The fourth-order valence-electron chi connectivity index (χ4n) is 1.04. The average molecular weight is 261 g/mol. The normalized spacial score (nSPS) is 11.1. The summed E-state index contributed by atoms with van der Waals surface area (Å²) >= 11 is 5.75. The molecule has 1 aromatic rings. The van der Waals surface area contributed by atoms with Crippen molar-refractivity contribution in [1.29, 1.82) is 0 Å². The Balaban J connectivity index is 2.53. The number of hydrogen-bond acceptors (Lipinski definition) is 3. The number of carbonyl (C=O) groups excluding carboxylic acids is 1. The second-order valence-electron chi connectivity index (χ2n) is 4.44. The van der Waals surface area contributed by atoms with Crippen molar-refractivity contribution < 1.29 is 13.9 Å². The lowest BCUT2D eigenvalue weighted by molar-refractivity contribution is 0.0523. The fraction of sp³-hybridized carbons (Fsp3) is 0.455. The molecule has 0 unspecified atom stereocenters. The number of aromatic nitrogens is 1. The molecule has 0 saturated heterocycles. The van der Waals surface area contributed by atoms with E-state index in [4.69, 9.17) is 16.3 Å². The van der Waals surface area contributed by atoms with Crippen LogP contribution in [0.1, 0.15) is 26.5 Å². The SMILES string of the molecule is CC(C)(C)OC(=O)NCc1ncc(F)cc1Cl. The molecule has 1 rings (SSSR count). The van der Waals surface area contributed by atoms with E-state index in [2.05, 4.69) is 10.3 Å². The molecular formula is C11H14ClFN2O2. The number of alkyl carbamates (subject to hydrolysis) is 1. The van der Waals surface area contributed by atoms with Crippen LogP contribution >= 0.6 is 11.6 Å². The molecule has 0 aliphatic rings. The maximum atomic E-state index is 12.7. The summed E-state index contributed by atoms with van der Waals surface area (Å²) in [5.74, 6) is -0.518. The van der Waals surface area contributed by atoms with Crippen molar-refractivity contribution in [3.63, 3.8) is 0 Å². The molecule has 0 aromatic carbocycles. The lowest BCUT2D eigenvalue weighted by Gasteiger charge is -2.19. The summed E-state index contributed by atoms with van der Waals surface area (Å²) in [5, 5.41) is 2.65. The zero-order valence-corrected chi connectivity index (χ0v) is 10.6. The minimum Gasteiger partial charge on any atom is -0.444 e. The Morgan fingerprint density at radius 3 is 2.76 bits per heavy atom. The minimum atomic E-state index is -0.570. The van der Waals surface area contributed by atoms with Gasteiger partial charge in [-0.1, -0.05) is 11.6 Å². The maximum absolute atomic E-state index is 12.7. The number of hydrogen-bond donors (Lipinski definition) is 1. The van der Waals surface area contributed by atoms with Gasteiger partial charge < -0.3 is 10.1 Å². The number of rotatable bonds is 2. The molecule has 0 fully saturated rings. The number of amides is 1. The lowest BCUT2D eigenvalue weighted by Crippen LogP contribution is -2.32. The molecule has 0 saturated carbocycles. The van der Waals surface area contributed by atoms with E-state index in [1.54, 1.807) is 20.8 Å². The van der Waals surface area contributed by atoms with Crippen molar-refractivity contribution in [2.75, 3.05) is 0 Å². The van der Waals surface area contributed by atoms with Gasteiger partial charge in [-0.25, -0.2) is 9.18 Å². The molecule has 1 aromatic heterocycles. The number of nitrogens with one attached hydrogen (secondary N) is 1. The molecule has 0 aliphatic carbocycles. The molecule has 0 aliphatic heterocycles. The Morgan fingerprint density at radius 2 is 2.24 bits per heavy atom. The van der Waals surface area contributed by atoms with Gasteiger partial charge in [0, 0.05) is 0 Å². The van der Waals surface area contributed by atoms with Gasteiger partial charge in [-0.3, -0.25) is 4.98 Å². The quantitative estimate of drug-likeness (QED) is 0.890. The van der Waals surface area contributed by atoms with Gasteiger partial charge >= 0.3 is 6.09 Å². The Labute approximate surface area is 104 Å².